The minimum Gasteiger partial charge on any atom is -0.462 e. The molecule has 0 fully saturated rings. The largest absolute Gasteiger partial charge is 0.462 e. The lowest BCUT2D eigenvalue weighted by Crippen LogP contribution is -2.08. The summed E-state index contributed by atoms with van der Waals surface area (Å²) >= 11 is 3.37. The molecule has 0 saturated carbocycles. The van der Waals surface area contributed by atoms with Gasteiger partial charge in [0, 0.05) is 29.4 Å². The number of ether oxygens (including phenoxy) is 1. The van der Waals surface area contributed by atoms with Crippen molar-refractivity contribution in [2.45, 2.75) is 45.4 Å². The zero-order chi connectivity index (χ0) is 17.8. The summed E-state index contributed by atoms with van der Waals surface area (Å²) in [4.78, 5) is 16.5. The number of anilines is 1. The van der Waals surface area contributed by atoms with E-state index >= 15 is 0 Å². The Hall–Kier alpha value is -1.40. The summed E-state index contributed by atoms with van der Waals surface area (Å²) in [5.41, 5.74) is 7.74. The third-order valence-electron chi connectivity index (χ3n) is 3.55. The number of esters is 1. The van der Waals surface area contributed by atoms with Gasteiger partial charge in [0.15, 0.2) is 0 Å². The Morgan fingerprint density at radius 3 is 2.79 bits per heavy atom. The van der Waals surface area contributed by atoms with E-state index in [9.17, 15) is 4.79 Å². The van der Waals surface area contributed by atoms with E-state index < -0.39 is 5.97 Å². The van der Waals surface area contributed by atoms with Crippen molar-refractivity contribution >= 4 is 33.8 Å². The maximum Gasteiger partial charge on any atom is 0.338 e. The summed E-state index contributed by atoms with van der Waals surface area (Å²) in [5.74, 6) is -0.397. The lowest BCUT2D eigenvalue weighted by atomic mass is 10.1. The quantitative estimate of drug-likeness (QED) is 0.255. The summed E-state index contributed by atoms with van der Waals surface area (Å²) in [6, 6.07) is 3.35. The van der Waals surface area contributed by atoms with Gasteiger partial charge in [0.2, 0.25) is 0 Å². The van der Waals surface area contributed by atoms with Crippen LogP contribution in [-0.2, 0) is 4.74 Å². The monoisotopic (exact) mass is 398 g/mol. The molecule has 1 aromatic carbocycles. The maximum absolute atomic E-state index is 12.1. The first-order chi connectivity index (χ1) is 11.6. The molecular weight excluding hydrogens is 372 g/mol. The highest BCUT2D eigenvalue weighted by molar-refractivity contribution is 9.10. The summed E-state index contributed by atoms with van der Waals surface area (Å²) in [5, 5.41) is 8.73. The SMILES string of the molecule is CCCCCCN=Cc1cc(C(=O)OCCCCO)cc(Br)c1N. The fourth-order valence-corrected chi connectivity index (χ4v) is 2.59. The van der Waals surface area contributed by atoms with Gasteiger partial charge >= 0.3 is 5.97 Å². The number of halogens is 1. The van der Waals surface area contributed by atoms with Crippen molar-refractivity contribution in [1.82, 2.24) is 0 Å². The standard InChI is InChI=1S/C18H27BrN2O3/c1-2-3-4-5-8-21-13-15-11-14(12-16(19)17(15)20)18(23)24-10-7-6-9-22/h11-13,22H,2-10,20H2,1H3. The van der Waals surface area contributed by atoms with Crippen molar-refractivity contribution in [2.24, 2.45) is 4.99 Å². The first-order valence-electron chi connectivity index (χ1n) is 8.47. The second-order valence-corrected chi connectivity index (χ2v) is 6.48. The van der Waals surface area contributed by atoms with Gasteiger partial charge in [0.05, 0.1) is 17.9 Å². The second kappa shape index (κ2) is 12.0. The molecule has 0 radical (unpaired) electrons. The van der Waals surface area contributed by atoms with E-state index in [4.69, 9.17) is 15.6 Å². The van der Waals surface area contributed by atoms with Gasteiger partial charge in [-0.25, -0.2) is 4.79 Å². The Morgan fingerprint density at radius 2 is 2.08 bits per heavy atom. The molecule has 0 aliphatic carbocycles. The van der Waals surface area contributed by atoms with Crippen molar-refractivity contribution in [3.63, 3.8) is 0 Å². The number of aliphatic hydroxyl groups excluding tert-OH is 1. The van der Waals surface area contributed by atoms with Crippen molar-refractivity contribution in [3.8, 4) is 0 Å². The Kier molecular flexibility index (Phi) is 10.4. The van der Waals surface area contributed by atoms with E-state index in [1.807, 2.05) is 0 Å². The average Bonchev–Trinajstić information content (AvgIpc) is 2.58. The smallest absolute Gasteiger partial charge is 0.338 e. The topological polar surface area (TPSA) is 84.9 Å². The van der Waals surface area contributed by atoms with E-state index in [0.717, 1.165) is 13.0 Å². The van der Waals surface area contributed by atoms with E-state index in [-0.39, 0.29) is 6.61 Å². The van der Waals surface area contributed by atoms with Gasteiger partial charge in [-0.15, -0.1) is 0 Å². The Bertz CT molecular complexity index is 547. The number of carbonyl (C=O) groups excluding carboxylic acids is 1. The van der Waals surface area contributed by atoms with Gasteiger partial charge in [-0.2, -0.15) is 0 Å². The summed E-state index contributed by atoms with van der Waals surface area (Å²) in [6.07, 6.45) is 7.63. The molecule has 0 unspecified atom stereocenters. The van der Waals surface area contributed by atoms with Crippen LogP contribution in [0.15, 0.2) is 21.6 Å². The maximum atomic E-state index is 12.1. The number of unbranched alkanes of at least 4 members (excludes halogenated alkanes) is 4. The van der Waals surface area contributed by atoms with Crippen molar-refractivity contribution in [2.75, 3.05) is 25.5 Å². The zero-order valence-corrected chi connectivity index (χ0v) is 15.8. The fraction of sp³-hybridized carbons (Fsp3) is 0.556. The van der Waals surface area contributed by atoms with Crippen LogP contribution in [0.2, 0.25) is 0 Å². The van der Waals surface area contributed by atoms with Crippen LogP contribution < -0.4 is 5.73 Å². The Labute approximate surface area is 152 Å². The molecule has 0 heterocycles. The van der Waals surface area contributed by atoms with Crippen molar-refractivity contribution in [3.05, 3.63) is 27.7 Å². The molecule has 0 bridgehead atoms. The predicted octanol–water partition coefficient (Wildman–Crippen LogP) is 3.96. The number of benzene rings is 1. The zero-order valence-electron chi connectivity index (χ0n) is 14.3. The van der Waals surface area contributed by atoms with Crippen LogP contribution in [-0.4, -0.2) is 37.0 Å². The molecule has 0 saturated heterocycles. The number of rotatable bonds is 11. The third-order valence-corrected chi connectivity index (χ3v) is 4.21. The predicted molar refractivity (Wildman–Crippen MR) is 102 cm³/mol. The number of carbonyl (C=O) groups is 1. The molecule has 0 aromatic heterocycles. The van der Waals surface area contributed by atoms with Crippen LogP contribution in [0.5, 0.6) is 0 Å². The number of nitrogens with zero attached hydrogens (tertiary/aromatic N) is 1. The van der Waals surface area contributed by atoms with Crippen LogP contribution in [0, 0.1) is 0 Å². The van der Waals surface area contributed by atoms with Crippen LogP contribution in [0.3, 0.4) is 0 Å². The summed E-state index contributed by atoms with van der Waals surface area (Å²) in [7, 11) is 0. The van der Waals surface area contributed by atoms with Crippen LogP contribution in [0.25, 0.3) is 0 Å². The Morgan fingerprint density at radius 1 is 1.29 bits per heavy atom. The minimum absolute atomic E-state index is 0.101. The highest BCUT2D eigenvalue weighted by Crippen LogP contribution is 2.25. The van der Waals surface area contributed by atoms with E-state index in [2.05, 4.69) is 27.8 Å². The first kappa shape index (κ1) is 20.6. The van der Waals surface area contributed by atoms with Gasteiger partial charge in [-0.05, 0) is 47.3 Å². The van der Waals surface area contributed by atoms with Gasteiger partial charge < -0.3 is 15.6 Å². The fourth-order valence-electron chi connectivity index (χ4n) is 2.12. The number of hydrogen-bond donors (Lipinski definition) is 2. The van der Waals surface area contributed by atoms with Crippen LogP contribution in [0.4, 0.5) is 5.69 Å². The van der Waals surface area contributed by atoms with Gasteiger partial charge in [0.1, 0.15) is 0 Å². The molecule has 5 nitrogen and oxygen atoms in total. The molecule has 24 heavy (non-hydrogen) atoms. The number of aliphatic hydroxyl groups is 1. The molecule has 6 heteroatoms. The van der Waals surface area contributed by atoms with Gasteiger partial charge in [0.25, 0.3) is 0 Å². The number of hydrogen-bond acceptors (Lipinski definition) is 5. The normalized spacial score (nSPS) is 11.1. The van der Waals surface area contributed by atoms with Crippen LogP contribution >= 0.6 is 15.9 Å². The average molecular weight is 399 g/mol. The lowest BCUT2D eigenvalue weighted by Gasteiger charge is -2.08. The molecule has 0 aliphatic rings. The summed E-state index contributed by atoms with van der Waals surface area (Å²) < 4.78 is 5.85. The third kappa shape index (κ3) is 7.45. The molecular formula is C18H27BrN2O3. The lowest BCUT2D eigenvalue weighted by molar-refractivity contribution is 0.0492. The molecule has 0 atom stereocenters. The minimum atomic E-state index is -0.397. The van der Waals surface area contributed by atoms with Gasteiger partial charge in [-0.3, -0.25) is 4.99 Å². The Balaban J connectivity index is 2.67. The van der Waals surface area contributed by atoms with E-state index in [1.165, 1.54) is 19.3 Å². The molecule has 0 aliphatic heterocycles. The molecule has 0 spiro atoms. The van der Waals surface area contributed by atoms with Crippen LogP contribution in [0.1, 0.15) is 61.4 Å². The van der Waals surface area contributed by atoms with E-state index in [0.29, 0.717) is 40.7 Å². The van der Waals surface area contributed by atoms with Crippen molar-refractivity contribution < 1.29 is 14.6 Å². The molecule has 0 amide bonds. The van der Waals surface area contributed by atoms with E-state index in [1.54, 1.807) is 18.3 Å². The second-order valence-electron chi connectivity index (χ2n) is 5.62. The van der Waals surface area contributed by atoms with Crippen molar-refractivity contribution in [1.29, 1.82) is 0 Å². The molecule has 134 valence electrons. The molecule has 1 aromatic rings. The highest BCUT2D eigenvalue weighted by Gasteiger charge is 2.12. The number of nitrogens with two attached hydrogens (primary N) is 1. The number of aliphatic imine (C=N–C) groups is 1. The number of nitrogen functional groups attached to an aromatic ring is 1. The molecule has 1 rings (SSSR count). The highest BCUT2D eigenvalue weighted by atomic mass is 79.9. The molecule has 3 N–H and O–H groups in total. The van der Waals surface area contributed by atoms with Gasteiger partial charge in [-0.1, -0.05) is 26.2 Å². The first-order valence-corrected chi connectivity index (χ1v) is 9.26. The summed E-state index contributed by atoms with van der Waals surface area (Å²) in [6.45, 7) is 3.33.